The van der Waals surface area contributed by atoms with Gasteiger partial charge in [-0.15, -0.1) is 12.4 Å². The number of hydrogen-bond donors (Lipinski definition) is 2. The molecule has 0 radical (unpaired) electrons. The molecule has 0 saturated heterocycles. The number of aromatic nitrogens is 2. The first-order chi connectivity index (χ1) is 14.0. The summed E-state index contributed by atoms with van der Waals surface area (Å²) in [5.41, 5.74) is 1.08. The number of halogens is 1. The second kappa shape index (κ2) is 9.80. The second-order valence-electron chi connectivity index (χ2n) is 6.99. The summed E-state index contributed by atoms with van der Waals surface area (Å²) in [6, 6.07) is 14.8. The van der Waals surface area contributed by atoms with E-state index >= 15 is 0 Å². The van der Waals surface area contributed by atoms with Crippen LogP contribution in [-0.4, -0.2) is 36.9 Å². The van der Waals surface area contributed by atoms with E-state index in [2.05, 4.69) is 31.5 Å². The first-order valence-corrected chi connectivity index (χ1v) is 11.7. The maximum absolute atomic E-state index is 12.7. The zero-order valence-electron chi connectivity index (χ0n) is 16.4. The molecule has 158 valence electrons. The van der Waals surface area contributed by atoms with Gasteiger partial charge in [0.1, 0.15) is 0 Å². The molecule has 0 saturated carbocycles. The molecular formula is C21H23ClN4O2S2. The molecule has 0 unspecified atom stereocenters. The monoisotopic (exact) mass is 462 g/mol. The molecule has 0 aliphatic heterocycles. The van der Waals surface area contributed by atoms with Crippen molar-refractivity contribution in [3.63, 3.8) is 0 Å². The molecule has 0 aliphatic carbocycles. The largest absolute Gasteiger partial charge is 0.315 e. The summed E-state index contributed by atoms with van der Waals surface area (Å²) in [6.45, 7) is 3.13. The van der Waals surface area contributed by atoms with E-state index in [0.717, 1.165) is 29.4 Å². The van der Waals surface area contributed by atoms with Crippen LogP contribution in [0.2, 0.25) is 0 Å². The third-order valence-corrected chi connectivity index (χ3v) is 7.17. The van der Waals surface area contributed by atoms with E-state index < -0.39 is 10.0 Å². The molecule has 9 heteroatoms. The molecule has 0 spiro atoms. The van der Waals surface area contributed by atoms with Crippen molar-refractivity contribution in [3.05, 3.63) is 66.6 Å². The maximum atomic E-state index is 12.7. The van der Waals surface area contributed by atoms with E-state index in [1.54, 1.807) is 30.6 Å². The van der Waals surface area contributed by atoms with Crippen molar-refractivity contribution in [3.8, 4) is 0 Å². The summed E-state index contributed by atoms with van der Waals surface area (Å²) in [7, 11) is -3.58. The Kier molecular flexibility index (Phi) is 7.38. The van der Waals surface area contributed by atoms with E-state index in [9.17, 15) is 8.42 Å². The topological polar surface area (TPSA) is 84.0 Å². The lowest BCUT2D eigenvalue weighted by atomic mass is 10.2. The van der Waals surface area contributed by atoms with Crippen LogP contribution in [0.5, 0.6) is 0 Å². The Morgan fingerprint density at radius 1 is 1.10 bits per heavy atom. The molecule has 2 aromatic carbocycles. The fourth-order valence-electron chi connectivity index (χ4n) is 3.25. The predicted octanol–water partition coefficient (Wildman–Crippen LogP) is 3.77. The molecule has 0 fully saturated rings. The molecule has 2 heterocycles. The number of rotatable bonds is 8. The number of benzene rings is 2. The normalized spacial score (nSPS) is 12.7. The third kappa shape index (κ3) is 5.14. The summed E-state index contributed by atoms with van der Waals surface area (Å²) in [5.74, 6) is 0. The van der Waals surface area contributed by atoms with Gasteiger partial charge in [0.15, 0.2) is 0 Å². The van der Waals surface area contributed by atoms with Gasteiger partial charge in [0.2, 0.25) is 10.0 Å². The van der Waals surface area contributed by atoms with Gasteiger partial charge in [-0.1, -0.05) is 24.3 Å². The van der Waals surface area contributed by atoms with Crippen LogP contribution in [0.25, 0.3) is 20.9 Å². The van der Waals surface area contributed by atoms with Crippen LogP contribution in [0, 0.1) is 0 Å². The summed E-state index contributed by atoms with van der Waals surface area (Å²) in [4.78, 5) is 4.31. The molecule has 2 aromatic heterocycles. The van der Waals surface area contributed by atoms with E-state index in [4.69, 9.17) is 0 Å². The molecule has 6 nitrogen and oxygen atoms in total. The van der Waals surface area contributed by atoms with Gasteiger partial charge >= 0.3 is 0 Å². The fourth-order valence-corrected chi connectivity index (χ4v) is 5.35. The van der Waals surface area contributed by atoms with Crippen LogP contribution >= 0.6 is 23.9 Å². The zero-order chi connectivity index (χ0) is 20.3. The van der Waals surface area contributed by atoms with Crippen LogP contribution in [0.4, 0.5) is 0 Å². The lowest BCUT2D eigenvalue weighted by Gasteiger charge is -2.15. The molecule has 2 N–H and O–H groups in total. The van der Waals surface area contributed by atoms with Crippen LogP contribution in [-0.2, 0) is 16.4 Å². The maximum Gasteiger partial charge on any atom is 0.240 e. The SMILES string of the molecule is C[C@H](CNCCc1nsc2ccccc12)NS(=O)(=O)c1ccc2cnccc2c1.Cl. The minimum absolute atomic E-state index is 0. The third-order valence-electron chi connectivity index (χ3n) is 4.72. The first kappa shape index (κ1) is 22.6. The summed E-state index contributed by atoms with van der Waals surface area (Å²) >= 11 is 1.51. The zero-order valence-corrected chi connectivity index (χ0v) is 18.9. The Bertz CT molecular complexity index is 1240. The highest BCUT2D eigenvalue weighted by Gasteiger charge is 2.17. The lowest BCUT2D eigenvalue weighted by Crippen LogP contribution is -2.40. The van der Waals surface area contributed by atoms with E-state index in [-0.39, 0.29) is 23.3 Å². The number of pyridine rings is 1. The minimum atomic E-state index is -3.58. The average molecular weight is 463 g/mol. The highest BCUT2D eigenvalue weighted by atomic mass is 35.5. The lowest BCUT2D eigenvalue weighted by molar-refractivity contribution is 0.537. The van der Waals surface area contributed by atoms with Crippen LogP contribution in [0.15, 0.2) is 65.8 Å². The Morgan fingerprint density at radius 2 is 1.93 bits per heavy atom. The number of sulfonamides is 1. The highest BCUT2D eigenvalue weighted by molar-refractivity contribution is 7.89. The summed E-state index contributed by atoms with van der Waals surface area (Å²) in [5, 5.41) is 6.28. The van der Waals surface area contributed by atoms with Gasteiger partial charge in [0, 0.05) is 48.7 Å². The fraction of sp³-hybridized carbons (Fsp3) is 0.238. The van der Waals surface area contributed by atoms with E-state index in [0.29, 0.717) is 6.54 Å². The Hall–Kier alpha value is -2.10. The number of fused-ring (bicyclic) bond motifs is 2. The number of nitrogens with zero attached hydrogens (tertiary/aromatic N) is 2. The van der Waals surface area contributed by atoms with Crippen molar-refractivity contribution < 1.29 is 8.42 Å². The van der Waals surface area contributed by atoms with Gasteiger partial charge in [0.05, 0.1) is 15.3 Å². The van der Waals surface area contributed by atoms with Crippen molar-refractivity contribution in [2.45, 2.75) is 24.3 Å². The van der Waals surface area contributed by atoms with Gasteiger partial charge in [-0.2, -0.15) is 4.37 Å². The standard InChI is InChI=1S/C21H22N4O2S2.ClH/c1-15(13-22-11-9-20-19-4-2-3-5-21(19)28-24-20)25-29(26,27)18-7-6-17-14-23-10-8-16(17)12-18;/h2-8,10,12,14-15,22,25H,9,11,13H2,1H3;1H/t15-;/m1./s1. The van der Waals surface area contributed by atoms with Crippen molar-refractivity contribution in [2.75, 3.05) is 13.1 Å². The van der Waals surface area contributed by atoms with Gasteiger partial charge in [-0.3, -0.25) is 4.98 Å². The highest BCUT2D eigenvalue weighted by Crippen LogP contribution is 2.22. The van der Waals surface area contributed by atoms with Crippen molar-refractivity contribution in [1.29, 1.82) is 0 Å². The average Bonchev–Trinajstić information content (AvgIpc) is 3.14. The molecular weight excluding hydrogens is 440 g/mol. The van der Waals surface area contributed by atoms with Gasteiger partial charge in [-0.25, -0.2) is 13.1 Å². The number of hydrogen-bond acceptors (Lipinski definition) is 6. The van der Waals surface area contributed by atoms with Gasteiger partial charge in [0.25, 0.3) is 0 Å². The Morgan fingerprint density at radius 3 is 2.80 bits per heavy atom. The molecule has 0 amide bonds. The molecule has 0 bridgehead atoms. The van der Waals surface area contributed by atoms with Crippen molar-refractivity contribution >= 4 is 54.8 Å². The van der Waals surface area contributed by atoms with Crippen LogP contribution < -0.4 is 10.0 Å². The van der Waals surface area contributed by atoms with Crippen LogP contribution in [0.3, 0.4) is 0 Å². The van der Waals surface area contributed by atoms with E-state index in [1.807, 2.05) is 25.1 Å². The summed E-state index contributed by atoms with van der Waals surface area (Å²) < 4.78 is 33.8. The minimum Gasteiger partial charge on any atom is -0.315 e. The van der Waals surface area contributed by atoms with Crippen molar-refractivity contribution in [2.24, 2.45) is 0 Å². The molecule has 1 atom stereocenters. The van der Waals surface area contributed by atoms with Gasteiger partial charge < -0.3 is 5.32 Å². The van der Waals surface area contributed by atoms with Crippen LogP contribution in [0.1, 0.15) is 12.6 Å². The number of nitrogens with one attached hydrogen (secondary N) is 2. The van der Waals surface area contributed by atoms with Gasteiger partial charge in [-0.05, 0) is 48.1 Å². The summed E-state index contributed by atoms with van der Waals surface area (Å²) in [6.07, 6.45) is 4.18. The molecule has 30 heavy (non-hydrogen) atoms. The smallest absolute Gasteiger partial charge is 0.240 e. The molecule has 0 aliphatic rings. The molecule has 4 rings (SSSR count). The Balaban J connectivity index is 0.00000256. The molecule has 4 aromatic rings. The predicted molar refractivity (Wildman–Crippen MR) is 125 cm³/mol. The first-order valence-electron chi connectivity index (χ1n) is 9.43. The second-order valence-corrected chi connectivity index (χ2v) is 9.51. The van der Waals surface area contributed by atoms with E-state index in [1.165, 1.54) is 21.6 Å². The van der Waals surface area contributed by atoms with Crippen molar-refractivity contribution in [1.82, 2.24) is 19.4 Å². The quantitative estimate of drug-likeness (QED) is 0.389. The Labute approximate surface area is 186 Å².